The summed E-state index contributed by atoms with van der Waals surface area (Å²) in [5, 5.41) is 13.7. The van der Waals surface area contributed by atoms with Crippen LogP contribution in [0.1, 0.15) is 42.2 Å². The van der Waals surface area contributed by atoms with E-state index in [1.165, 1.54) is 0 Å². The Balaban J connectivity index is 3.18. The Labute approximate surface area is 110 Å². The minimum Gasteiger partial charge on any atom is -0.496 e. The molecular formula is C15H25NO2. The summed E-state index contributed by atoms with van der Waals surface area (Å²) >= 11 is 0. The second-order valence-electron chi connectivity index (χ2n) is 4.86. The van der Waals surface area contributed by atoms with Crippen LogP contribution in [-0.2, 0) is 0 Å². The lowest BCUT2D eigenvalue weighted by Gasteiger charge is -2.24. The number of hydrogen-bond donors (Lipinski definition) is 2. The average molecular weight is 251 g/mol. The Kier molecular flexibility index (Phi) is 5.17. The van der Waals surface area contributed by atoms with Crippen LogP contribution in [0.4, 0.5) is 0 Å². The molecule has 0 bridgehead atoms. The predicted molar refractivity (Wildman–Crippen MR) is 75.3 cm³/mol. The molecule has 0 amide bonds. The minimum absolute atomic E-state index is 0.0425. The molecule has 0 saturated carbocycles. The standard InChI is InChI=1S/C15H25NO2/c1-7-16-12(5)14(17)13-8-9(2)15(18-6)11(4)10(13)3/h8,12,14,16-17H,7H2,1-6H3. The number of hydrogen-bond acceptors (Lipinski definition) is 3. The number of aryl methyl sites for hydroxylation is 1. The van der Waals surface area contributed by atoms with Gasteiger partial charge in [0.2, 0.25) is 0 Å². The van der Waals surface area contributed by atoms with Gasteiger partial charge in [0.15, 0.2) is 0 Å². The van der Waals surface area contributed by atoms with E-state index in [4.69, 9.17) is 4.74 Å². The SMILES string of the molecule is CCNC(C)C(O)c1cc(C)c(OC)c(C)c1C. The van der Waals surface area contributed by atoms with Crippen molar-refractivity contribution in [2.24, 2.45) is 0 Å². The van der Waals surface area contributed by atoms with Crippen LogP contribution >= 0.6 is 0 Å². The summed E-state index contributed by atoms with van der Waals surface area (Å²) in [6.45, 7) is 11.0. The summed E-state index contributed by atoms with van der Waals surface area (Å²) < 4.78 is 5.40. The molecular weight excluding hydrogens is 226 g/mol. The molecule has 102 valence electrons. The van der Waals surface area contributed by atoms with E-state index >= 15 is 0 Å². The van der Waals surface area contributed by atoms with Gasteiger partial charge in [-0.25, -0.2) is 0 Å². The van der Waals surface area contributed by atoms with Crippen molar-refractivity contribution in [1.29, 1.82) is 0 Å². The number of ether oxygens (including phenoxy) is 1. The number of benzene rings is 1. The van der Waals surface area contributed by atoms with Crippen molar-refractivity contribution in [2.45, 2.75) is 46.8 Å². The molecule has 2 atom stereocenters. The zero-order valence-electron chi connectivity index (χ0n) is 12.3. The fraction of sp³-hybridized carbons (Fsp3) is 0.600. The molecule has 0 aliphatic rings. The van der Waals surface area contributed by atoms with E-state index in [2.05, 4.69) is 5.32 Å². The molecule has 1 rings (SSSR count). The topological polar surface area (TPSA) is 41.5 Å². The maximum Gasteiger partial charge on any atom is 0.124 e. The first-order valence-electron chi connectivity index (χ1n) is 6.50. The highest BCUT2D eigenvalue weighted by atomic mass is 16.5. The van der Waals surface area contributed by atoms with Crippen LogP contribution in [0.5, 0.6) is 5.75 Å². The third-order valence-corrected chi connectivity index (χ3v) is 3.59. The van der Waals surface area contributed by atoms with E-state index in [0.29, 0.717) is 0 Å². The Morgan fingerprint density at radius 3 is 2.39 bits per heavy atom. The summed E-state index contributed by atoms with van der Waals surface area (Å²) in [4.78, 5) is 0. The van der Waals surface area contributed by atoms with Crippen LogP contribution in [0.3, 0.4) is 0 Å². The van der Waals surface area contributed by atoms with E-state index in [0.717, 1.165) is 34.5 Å². The maximum atomic E-state index is 10.4. The van der Waals surface area contributed by atoms with Crippen molar-refractivity contribution in [2.75, 3.05) is 13.7 Å². The van der Waals surface area contributed by atoms with Crippen LogP contribution in [0, 0.1) is 20.8 Å². The van der Waals surface area contributed by atoms with Gasteiger partial charge in [0.1, 0.15) is 5.75 Å². The molecule has 0 saturated heterocycles. The zero-order chi connectivity index (χ0) is 13.9. The van der Waals surface area contributed by atoms with Gasteiger partial charge in [-0.2, -0.15) is 0 Å². The molecule has 18 heavy (non-hydrogen) atoms. The first-order valence-corrected chi connectivity index (χ1v) is 6.50. The van der Waals surface area contributed by atoms with Gasteiger partial charge in [0, 0.05) is 6.04 Å². The number of rotatable bonds is 5. The lowest BCUT2D eigenvalue weighted by Crippen LogP contribution is -2.32. The molecule has 3 nitrogen and oxygen atoms in total. The zero-order valence-corrected chi connectivity index (χ0v) is 12.3. The molecule has 3 heteroatoms. The van der Waals surface area contributed by atoms with Crippen LogP contribution < -0.4 is 10.1 Å². The predicted octanol–water partition coefficient (Wildman–Crippen LogP) is 2.65. The number of aliphatic hydroxyl groups is 1. The van der Waals surface area contributed by atoms with E-state index in [1.54, 1.807) is 7.11 Å². The highest BCUT2D eigenvalue weighted by Crippen LogP contribution is 2.32. The highest BCUT2D eigenvalue weighted by Gasteiger charge is 2.20. The Hall–Kier alpha value is -1.06. The van der Waals surface area contributed by atoms with Crippen molar-refractivity contribution in [3.05, 3.63) is 28.3 Å². The molecule has 0 spiro atoms. The minimum atomic E-state index is -0.492. The van der Waals surface area contributed by atoms with E-state index in [9.17, 15) is 5.11 Å². The van der Waals surface area contributed by atoms with Gasteiger partial charge in [0.05, 0.1) is 13.2 Å². The Bertz CT molecular complexity index is 415. The Morgan fingerprint density at radius 2 is 1.89 bits per heavy atom. The van der Waals surface area contributed by atoms with Crippen molar-refractivity contribution in [1.82, 2.24) is 5.32 Å². The van der Waals surface area contributed by atoms with Crippen molar-refractivity contribution >= 4 is 0 Å². The van der Waals surface area contributed by atoms with Crippen molar-refractivity contribution < 1.29 is 9.84 Å². The van der Waals surface area contributed by atoms with E-state index < -0.39 is 6.10 Å². The van der Waals surface area contributed by atoms with Crippen molar-refractivity contribution in [3.8, 4) is 5.75 Å². The average Bonchev–Trinajstić information content (AvgIpc) is 2.34. The van der Waals surface area contributed by atoms with Gasteiger partial charge >= 0.3 is 0 Å². The fourth-order valence-corrected chi connectivity index (χ4v) is 2.41. The molecule has 0 fully saturated rings. The maximum absolute atomic E-state index is 10.4. The lowest BCUT2D eigenvalue weighted by atomic mass is 9.92. The van der Waals surface area contributed by atoms with Gasteiger partial charge in [-0.1, -0.05) is 6.92 Å². The molecule has 0 aliphatic heterocycles. The highest BCUT2D eigenvalue weighted by molar-refractivity contribution is 5.49. The van der Waals surface area contributed by atoms with Gasteiger partial charge in [-0.05, 0) is 62.6 Å². The van der Waals surface area contributed by atoms with Crippen LogP contribution in [-0.4, -0.2) is 24.8 Å². The van der Waals surface area contributed by atoms with E-state index in [1.807, 2.05) is 40.7 Å². The Morgan fingerprint density at radius 1 is 1.28 bits per heavy atom. The number of likely N-dealkylation sites (N-methyl/N-ethyl adjacent to an activating group) is 1. The molecule has 0 aromatic heterocycles. The quantitative estimate of drug-likeness (QED) is 0.845. The molecule has 1 aromatic carbocycles. The van der Waals surface area contributed by atoms with E-state index in [-0.39, 0.29) is 6.04 Å². The number of nitrogens with one attached hydrogen (secondary N) is 1. The van der Waals surface area contributed by atoms with Gasteiger partial charge < -0.3 is 15.2 Å². The van der Waals surface area contributed by atoms with Crippen LogP contribution in [0.25, 0.3) is 0 Å². The summed E-state index contributed by atoms with van der Waals surface area (Å²) in [5.41, 5.74) is 4.27. The molecule has 0 aliphatic carbocycles. The van der Waals surface area contributed by atoms with Gasteiger partial charge in [0.25, 0.3) is 0 Å². The monoisotopic (exact) mass is 251 g/mol. The fourth-order valence-electron chi connectivity index (χ4n) is 2.41. The van der Waals surface area contributed by atoms with Gasteiger partial charge in [-0.15, -0.1) is 0 Å². The molecule has 2 N–H and O–H groups in total. The third kappa shape index (κ3) is 2.85. The van der Waals surface area contributed by atoms with Gasteiger partial charge in [-0.3, -0.25) is 0 Å². The number of aliphatic hydroxyl groups excluding tert-OH is 1. The molecule has 0 radical (unpaired) electrons. The molecule has 0 heterocycles. The summed E-state index contributed by atoms with van der Waals surface area (Å²) in [6, 6.07) is 2.07. The number of methoxy groups -OCH3 is 1. The third-order valence-electron chi connectivity index (χ3n) is 3.59. The molecule has 2 unspecified atom stereocenters. The smallest absolute Gasteiger partial charge is 0.124 e. The normalized spacial score (nSPS) is 14.4. The molecule has 1 aromatic rings. The first kappa shape index (κ1) is 15.0. The largest absolute Gasteiger partial charge is 0.496 e. The summed E-state index contributed by atoms with van der Waals surface area (Å²) in [7, 11) is 1.69. The van der Waals surface area contributed by atoms with Crippen LogP contribution in [0.15, 0.2) is 6.07 Å². The second kappa shape index (κ2) is 6.21. The van der Waals surface area contributed by atoms with Crippen molar-refractivity contribution in [3.63, 3.8) is 0 Å². The summed E-state index contributed by atoms with van der Waals surface area (Å²) in [5.74, 6) is 0.916. The first-order chi connectivity index (χ1) is 8.43. The second-order valence-corrected chi connectivity index (χ2v) is 4.86. The van der Waals surface area contributed by atoms with Crippen LogP contribution in [0.2, 0.25) is 0 Å². The summed E-state index contributed by atoms with van der Waals surface area (Å²) in [6.07, 6.45) is -0.492. The lowest BCUT2D eigenvalue weighted by molar-refractivity contribution is 0.136.